The number of rotatable bonds is 7. The third-order valence-electron chi connectivity index (χ3n) is 3.90. The van der Waals surface area contributed by atoms with Crippen LogP contribution in [-0.2, 0) is 16.0 Å². The first-order chi connectivity index (χ1) is 15.6. The molecule has 0 amide bonds. The summed E-state index contributed by atoms with van der Waals surface area (Å²) in [5.41, 5.74) is 5.34. The molecule has 0 bridgehead atoms. The lowest BCUT2D eigenvalue weighted by atomic mass is 10.1. The number of carbonyl (C=O) groups excluding carboxylic acids is 1. The van der Waals surface area contributed by atoms with Crippen molar-refractivity contribution in [3.63, 3.8) is 0 Å². The van der Waals surface area contributed by atoms with Gasteiger partial charge in [-0.3, -0.25) is 0 Å². The minimum Gasteiger partial charge on any atom is -0.381 e. The largest absolute Gasteiger partial charge is 0.381 e. The fourth-order valence-electron chi connectivity index (χ4n) is 2.49. The molecule has 0 aliphatic carbocycles. The van der Waals surface area contributed by atoms with Gasteiger partial charge in [0.2, 0.25) is 0 Å². The van der Waals surface area contributed by atoms with Crippen LogP contribution in [0.3, 0.4) is 0 Å². The summed E-state index contributed by atoms with van der Waals surface area (Å²) < 4.78 is 5.13. The fourth-order valence-corrected chi connectivity index (χ4v) is 2.49. The average Bonchev–Trinajstić information content (AvgIpc) is 3.26. The van der Waals surface area contributed by atoms with E-state index in [9.17, 15) is 4.79 Å². The van der Waals surface area contributed by atoms with E-state index in [0.717, 1.165) is 60.6 Å². The predicted octanol–water partition coefficient (Wildman–Crippen LogP) is 6.96. The van der Waals surface area contributed by atoms with Gasteiger partial charge >= 0.3 is 0 Å². The summed E-state index contributed by atoms with van der Waals surface area (Å²) in [6, 6.07) is 10.7. The number of aliphatic imine (C=N–C) groups is 1. The molecule has 32 heavy (non-hydrogen) atoms. The Labute approximate surface area is 197 Å². The molecule has 0 saturated heterocycles. The Morgan fingerprint density at radius 2 is 1.59 bits per heavy atom. The Kier molecular flexibility index (Phi) is 21.3. The van der Waals surface area contributed by atoms with Crippen molar-refractivity contribution in [2.24, 2.45) is 4.99 Å². The van der Waals surface area contributed by atoms with Crippen molar-refractivity contribution in [1.29, 1.82) is 0 Å². The van der Waals surface area contributed by atoms with Gasteiger partial charge in [-0.15, -0.1) is 0 Å². The van der Waals surface area contributed by atoms with Crippen molar-refractivity contribution in [2.75, 3.05) is 13.2 Å². The standard InChI is InChI=1S/C18H18N2O.C6H14O.2C2H6/c1-4-10-19-18-16(13(2)3)12-17(20-18)15-7-5-14(6-8-15)9-11-21;1-3-5-7-6-4-2;2*1-2/h5-8,11-12H,9H2,1-3H3,(H,19,20);3-6H2,1-2H3;2*1-2H3. The van der Waals surface area contributed by atoms with Gasteiger partial charge in [0.15, 0.2) is 0 Å². The normalized spacial score (nSPS) is 12.3. The number of hydrogen-bond acceptors (Lipinski definition) is 3. The van der Waals surface area contributed by atoms with Gasteiger partial charge in [-0.05, 0) is 50.8 Å². The van der Waals surface area contributed by atoms with Crippen molar-refractivity contribution < 1.29 is 9.53 Å². The van der Waals surface area contributed by atoms with Gasteiger partial charge in [0.1, 0.15) is 12.1 Å². The molecule has 178 valence electrons. The highest BCUT2D eigenvalue weighted by Gasteiger charge is 2.18. The third kappa shape index (κ3) is 12.9. The molecule has 1 aromatic carbocycles. The molecular weight excluding hydrogens is 396 g/mol. The molecule has 4 heteroatoms. The minimum absolute atomic E-state index is 0.449. The first-order valence-corrected chi connectivity index (χ1v) is 11.8. The average molecular weight is 441 g/mol. The Balaban J connectivity index is 0. The van der Waals surface area contributed by atoms with Crippen LogP contribution in [-0.4, -0.2) is 25.3 Å². The van der Waals surface area contributed by atoms with Crippen molar-refractivity contribution in [3.8, 4) is 12.0 Å². The van der Waals surface area contributed by atoms with E-state index >= 15 is 0 Å². The molecule has 0 fully saturated rings. The van der Waals surface area contributed by atoms with Crippen LogP contribution in [0.2, 0.25) is 0 Å². The van der Waals surface area contributed by atoms with Gasteiger partial charge in [0.25, 0.3) is 0 Å². The van der Waals surface area contributed by atoms with Crippen LogP contribution < -0.4 is 5.32 Å². The zero-order valence-electron chi connectivity index (χ0n) is 21.8. The van der Waals surface area contributed by atoms with Crippen LogP contribution in [0, 0.1) is 12.0 Å². The number of benzene rings is 1. The number of amidine groups is 1. The number of allylic oxidation sites excluding steroid dienone is 1. The Bertz CT molecular complexity index is 768. The van der Waals surface area contributed by atoms with Crippen LogP contribution in [0.1, 0.15) is 86.3 Å². The van der Waals surface area contributed by atoms with Crippen LogP contribution in [0.5, 0.6) is 0 Å². The van der Waals surface area contributed by atoms with Crippen molar-refractivity contribution in [2.45, 2.75) is 81.6 Å². The van der Waals surface area contributed by atoms with Crippen molar-refractivity contribution in [3.05, 3.63) is 52.6 Å². The van der Waals surface area contributed by atoms with E-state index in [2.05, 4.69) is 56.0 Å². The molecule has 1 aliphatic heterocycles. The second kappa shape index (κ2) is 21.6. The lowest BCUT2D eigenvalue weighted by Gasteiger charge is -2.05. The summed E-state index contributed by atoms with van der Waals surface area (Å²) in [5.74, 6) is 3.56. The predicted molar refractivity (Wildman–Crippen MR) is 141 cm³/mol. The summed E-state index contributed by atoms with van der Waals surface area (Å²) >= 11 is 0. The number of nitrogens with zero attached hydrogens (tertiary/aromatic N) is 1. The number of nitrogens with one attached hydrogen (secondary N) is 1. The van der Waals surface area contributed by atoms with Gasteiger partial charge in [-0.25, -0.2) is 0 Å². The van der Waals surface area contributed by atoms with E-state index in [1.54, 1.807) is 6.92 Å². The van der Waals surface area contributed by atoms with Gasteiger partial charge in [-0.1, -0.05) is 77.3 Å². The molecule has 0 saturated carbocycles. The molecule has 0 aromatic heterocycles. The third-order valence-corrected chi connectivity index (χ3v) is 3.90. The zero-order valence-corrected chi connectivity index (χ0v) is 21.8. The van der Waals surface area contributed by atoms with Crippen molar-refractivity contribution >= 4 is 17.8 Å². The molecule has 0 spiro atoms. The Hall–Kier alpha value is -2.64. The molecule has 1 N–H and O–H groups in total. The highest BCUT2D eigenvalue weighted by atomic mass is 16.5. The molecule has 0 atom stereocenters. The second-order valence-electron chi connectivity index (χ2n) is 6.60. The number of hydrogen-bond donors (Lipinski definition) is 1. The van der Waals surface area contributed by atoms with E-state index in [4.69, 9.17) is 4.74 Å². The quantitative estimate of drug-likeness (QED) is 0.283. The summed E-state index contributed by atoms with van der Waals surface area (Å²) in [4.78, 5) is 14.8. The summed E-state index contributed by atoms with van der Waals surface area (Å²) in [6.45, 7) is 20.0. The van der Waals surface area contributed by atoms with Gasteiger partial charge < -0.3 is 14.8 Å². The molecule has 0 unspecified atom stereocenters. The minimum atomic E-state index is 0.449. The smallest absolute Gasteiger partial charge is 0.148 e. The van der Waals surface area contributed by atoms with Gasteiger partial charge in [-0.2, -0.15) is 4.99 Å². The van der Waals surface area contributed by atoms with Crippen molar-refractivity contribution in [1.82, 2.24) is 5.32 Å². The Morgan fingerprint density at radius 3 is 2.03 bits per heavy atom. The van der Waals surface area contributed by atoms with E-state index in [1.165, 1.54) is 5.57 Å². The maximum atomic E-state index is 10.5. The maximum absolute atomic E-state index is 10.5. The molecule has 2 rings (SSSR count). The summed E-state index contributed by atoms with van der Waals surface area (Å²) in [5, 5.41) is 3.31. The molecule has 1 aromatic rings. The highest BCUT2D eigenvalue weighted by molar-refractivity contribution is 6.12. The number of carbonyl (C=O) groups is 1. The zero-order chi connectivity index (χ0) is 24.8. The van der Waals surface area contributed by atoms with Gasteiger partial charge in [0.05, 0.1) is 0 Å². The van der Waals surface area contributed by atoms with Crippen LogP contribution >= 0.6 is 0 Å². The summed E-state index contributed by atoms with van der Waals surface area (Å²) in [7, 11) is 0. The Morgan fingerprint density at radius 1 is 1.03 bits per heavy atom. The number of aldehydes is 1. The lowest BCUT2D eigenvalue weighted by Crippen LogP contribution is -2.17. The lowest BCUT2D eigenvalue weighted by molar-refractivity contribution is -0.107. The molecule has 4 nitrogen and oxygen atoms in total. The number of ether oxygens (including phenoxy) is 1. The SMILES string of the molecule is CC.CC.CC#CN=C1NC(c2ccc(CC=O)cc2)=CC1=C(C)C.CCCOCCC. The van der Waals surface area contributed by atoms with Gasteiger partial charge in [0, 0.05) is 36.9 Å². The molecule has 1 aliphatic rings. The topological polar surface area (TPSA) is 50.7 Å². The van der Waals surface area contributed by atoms with Crippen LogP contribution in [0.25, 0.3) is 5.70 Å². The fraction of sp³-hybridized carbons (Fsp3) is 0.500. The maximum Gasteiger partial charge on any atom is 0.148 e. The first kappa shape index (κ1) is 31.5. The van der Waals surface area contributed by atoms with E-state index < -0.39 is 0 Å². The monoisotopic (exact) mass is 440 g/mol. The van der Waals surface area contributed by atoms with E-state index in [1.807, 2.05) is 52.0 Å². The van der Waals surface area contributed by atoms with E-state index in [0.29, 0.717) is 6.42 Å². The highest BCUT2D eigenvalue weighted by Crippen LogP contribution is 2.23. The van der Waals surface area contributed by atoms with Crippen LogP contribution in [0.4, 0.5) is 0 Å². The molecule has 1 heterocycles. The first-order valence-electron chi connectivity index (χ1n) is 11.8. The van der Waals surface area contributed by atoms with E-state index in [-0.39, 0.29) is 0 Å². The van der Waals surface area contributed by atoms with Crippen LogP contribution in [0.15, 0.2) is 46.5 Å². The second-order valence-corrected chi connectivity index (χ2v) is 6.60. The molecular formula is C28H44N2O2. The molecule has 0 radical (unpaired) electrons. The summed E-state index contributed by atoms with van der Waals surface area (Å²) in [6.07, 6.45) is 5.72.